The normalized spacial score (nSPS) is 13.4. The number of fused-ring (bicyclic) bond motifs is 16. The number of anilines is 6. The van der Waals surface area contributed by atoms with Crippen LogP contribution in [0.1, 0.15) is 44.5 Å². The van der Waals surface area contributed by atoms with E-state index in [2.05, 4.69) is 313 Å². The Morgan fingerprint density at radius 3 is 1.04 bits per heavy atom. The van der Waals surface area contributed by atoms with Crippen LogP contribution in [0.4, 0.5) is 34.1 Å². The summed E-state index contributed by atoms with van der Waals surface area (Å²) in [5, 5.41) is 4.74. The molecule has 7 nitrogen and oxygen atoms in total. The summed E-state index contributed by atoms with van der Waals surface area (Å²) >= 11 is 1.83. The number of thiophene rings is 1. The summed E-state index contributed by atoms with van der Waals surface area (Å²) in [5.74, 6) is 5.55. The first-order valence-corrected chi connectivity index (χ1v) is 36.6. The van der Waals surface area contributed by atoms with E-state index in [4.69, 9.17) is 23.4 Å². The molecule has 0 bridgehead atoms. The molecule has 106 heavy (non-hydrogen) atoms. The Hall–Kier alpha value is -13.7. The fourth-order valence-corrected chi connectivity index (χ4v) is 18.2. The van der Waals surface area contributed by atoms with Crippen LogP contribution in [-0.4, -0.2) is 0 Å². The van der Waals surface area contributed by atoms with E-state index in [1.807, 2.05) is 84.1 Å². The molecule has 0 spiro atoms. The fourth-order valence-electron chi connectivity index (χ4n) is 17.1. The predicted molar refractivity (Wildman–Crippen MR) is 430 cm³/mol. The van der Waals surface area contributed by atoms with Gasteiger partial charge in [0.15, 0.2) is 46.0 Å². The first kappa shape index (κ1) is 61.0. The van der Waals surface area contributed by atoms with Crippen molar-refractivity contribution >= 4 is 87.6 Å². The van der Waals surface area contributed by atoms with Crippen LogP contribution in [0.2, 0.25) is 0 Å². The highest BCUT2D eigenvalue weighted by molar-refractivity contribution is 7.25. The minimum absolute atomic E-state index is 0.512. The van der Waals surface area contributed by atoms with Crippen LogP contribution in [0.15, 0.2) is 381 Å². The molecule has 0 amide bonds. The second-order valence-corrected chi connectivity index (χ2v) is 28.4. The summed E-state index contributed by atoms with van der Waals surface area (Å²) in [6.07, 6.45) is 0. The van der Waals surface area contributed by atoms with Crippen molar-refractivity contribution in [2.24, 2.45) is 0 Å². The lowest BCUT2D eigenvalue weighted by molar-refractivity contribution is 0.360. The van der Waals surface area contributed by atoms with Gasteiger partial charge in [0.05, 0.1) is 22.2 Å². The van der Waals surface area contributed by atoms with Crippen molar-refractivity contribution in [3.8, 4) is 68.2 Å². The summed E-state index contributed by atoms with van der Waals surface area (Å²) in [5.41, 5.74) is 21.6. The Balaban J connectivity index is 0.000000136. The van der Waals surface area contributed by atoms with Crippen LogP contribution in [0.25, 0.3) is 64.4 Å². The van der Waals surface area contributed by atoms with Crippen LogP contribution in [0.5, 0.6) is 46.0 Å². The van der Waals surface area contributed by atoms with Gasteiger partial charge in [-0.2, -0.15) is 0 Å². The van der Waals surface area contributed by atoms with Crippen molar-refractivity contribution < 1.29 is 23.4 Å². The van der Waals surface area contributed by atoms with Gasteiger partial charge in [0.25, 0.3) is 0 Å². The Morgan fingerprint density at radius 2 is 0.538 bits per heavy atom. The van der Waals surface area contributed by atoms with Crippen LogP contribution >= 0.6 is 11.3 Å². The molecule has 4 heterocycles. The number of furan rings is 1. The first-order valence-electron chi connectivity index (χ1n) is 35.8. The first-order chi connectivity index (χ1) is 52.5. The number of rotatable bonds is 10. The zero-order valence-electron chi connectivity index (χ0n) is 57.1. The number of hydrogen-bond donors (Lipinski definition) is 0. The molecule has 2 aliphatic carbocycles. The standard InChI is InChI=1S/C49H31NO3.C49H31NO2S/c1-3-13-32(14-4-1)49(33-15-5-2-6-16-33)41-19-9-7-17-37(41)38-26-23-34(29-42(38)49)50(35-24-27-40-39-18-8-10-20-43(39)51-47(40)30-35)36-25-28-46-48(31-36)53-45-22-12-11-21-44(45)52-46;1-3-13-32(14-4-1)49(33-15-5-2-6-16-33)41-19-9-7-17-37(41)38-26-23-34(29-42(38)49)50(36-24-27-40-39-18-8-12-22-47(39)53-48(40)31-36)35-25-28-45-46(30-35)52-44-21-11-10-20-43(44)51-45/h2*1-31H. The molecule has 2 aromatic heterocycles. The number of ether oxygens (including phenoxy) is 4. The van der Waals surface area contributed by atoms with Gasteiger partial charge >= 0.3 is 0 Å². The van der Waals surface area contributed by atoms with Crippen LogP contribution in [-0.2, 0) is 10.8 Å². The highest BCUT2D eigenvalue weighted by Crippen LogP contribution is 2.61. The van der Waals surface area contributed by atoms with Crippen LogP contribution in [0.3, 0.4) is 0 Å². The molecule has 0 saturated heterocycles. The van der Waals surface area contributed by atoms with E-state index >= 15 is 0 Å². The highest BCUT2D eigenvalue weighted by Gasteiger charge is 2.48. The van der Waals surface area contributed by atoms with Gasteiger partial charge in [-0.15, -0.1) is 11.3 Å². The van der Waals surface area contributed by atoms with Gasteiger partial charge in [-0.25, -0.2) is 0 Å². The number of nitrogens with zero attached hydrogens (tertiary/aromatic N) is 2. The average molecular weight is 1380 g/mol. The van der Waals surface area contributed by atoms with Gasteiger partial charge in [-0.05, 0) is 176 Å². The maximum Gasteiger partial charge on any atom is 0.172 e. The summed E-state index contributed by atoms with van der Waals surface area (Å²) in [6, 6.07) is 134. The third kappa shape index (κ3) is 9.58. The summed E-state index contributed by atoms with van der Waals surface area (Å²) in [7, 11) is 0. The van der Waals surface area contributed by atoms with Crippen molar-refractivity contribution in [2.45, 2.75) is 10.8 Å². The van der Waals surface area contributed by atoms with Crippen molar-refractivity contribution in [1.29, 1.82) is 0 Å². The Morgan fingerprint density at radius 1 is 0.208 bits per heavy atom. The Labute approximate surface area is 616 Å². The summed E-state index contributed by atoms with van der Waals surface area (Å²) in [4.78, 5) is 4.65. The van der Waals surface area contributed by atoms with Gasteiger partial charge in [-0.3, -0.25) is 0 Å². The fraction of sp³-hybridized carbons (Fsp3) is 0.0204. The van der Waals surface area contributed by atoms with Gasteiger partial charge in [0.1, 0.15) is 11.2 Å². The highest BCUT2D eigenvalue weighted by atomic mass is 32.1. The van der Waals surface area contributed by atoms with E-state index in [9.17, 15) is 0 Å². The van der Waals surface area contributed by atoms with Crippen molar-refractivity contribution in [2.75, 3.05) is 9.80 Å². The zero-order valence-corrected chi connectivity index (χ0v) is 58.0. The largest absolute Gasteiger partial charge is 0.456 e. The lowest BCUT2D eigenvalue weighted by Crippen LogP contribution is -2.28. The predicted octanol–water partition coefficient (Wildman–Crippen LogP) is 27.1. The van der Waals surface area contributed by atoms with E-state index in [1.54, 1.807) is 0 Å². The second kappa shape index (κ2) is 24.5. The number of para-hydroxylation sites is 5. The van der Waals surface area contributed by atoms with E-state index in [0.29, 0.717) is 40.2 Å². The topological polar surface area (TPSA) is 56.5 Å². The number of benzene rings is 16. The molecule has 0 radical (unpaired) electrons. The molecule has 2 aliphatic heterocycles. The lowest BCUT2D eigenvalue weighted by atomic mass is 9.67. The summed E-state index contributed by atoms with van der Waals surface area (Å²) < 4.78 is 34.5. The number of hydrogen-bond acceptors (Lipinski definition) is 8. The van der Waals surface area contributed by atoms with Crippen molar-refractivity contribution in [3.63, 3.8) is 0 Å². The molecule has 0 saturated carbocycles. The molecule has 0 atom stereocenters. The molecule has 8 heteroatoms. The SMILES string of the molecule is c1ccc(C2(c3ccccc3)c3ccccc3-c3ccc(N(c4ccc5c(c4)Oc4ccccc4O5)c4ccc5c(c4)oc4ccccc45)cc32)cc1.c1ccc(C2(c3ccccc3)c3ccccc3-c3ccc(N(c4ccc5c(c4)Oc4ccccc4O5)c4ccc5c(c4)sc4ccccc45)cc32)cc1. The second-order valence-electron chi connectivity index (χ2n) is 27.3. The maximum absolute atomic E-state index is 6.47. The molecule has 500 valence electrons. The molecule has 0 N–H and O–H groups in total. The zero-order chi connectivity index (χ0) is 69.9. The van der Waals surface area contributed by atoms with Crippen molar-refractivity contribution in [3.05, 3.63) is 421 Å². The van der Waals surface area contributed by atoms with Crippen molar-refractivity contribution in [1.82, 2.24) is 0 Å². The van der Waals surface area contributed by atoms with Crippen LogP contribution < -0.4 is 28.7 Å². The molecule has 22 rings (SSSR count). The van der Waals surface area contributed by atoms with E-state index in [-0.39, 0.29) is 0 Å². The van der Waals surface area contributed by atoms with Crippen LogP contribution in [0, 0.1) is 0 Å². The quantitative estimate of drug-likeness (QED) is 0.135. The summed E-state index contributed by atoms with van der Waals surface area (Å²) in [6.45, 7) is 0. The minimum atomic E-state index is -0.532. The maximum atomic E-state index is 6.47. The van der Waals surface area contributed by atoms with Gasteiger partial charge in [0, 0.05) is 71.9 Å². The van der Waals surface area contributed by atoms with Gasteiger partial charge < -0.3 is 33.2 Å². The molecular weight excluding hydrogens is 1320 g/mol. The monoisotopic (exact) mass is 1380 g/mol. The molecule has 18 aromatic rings. The molecule has 0 fully saturated rings. The van der Waals surface area contributed by atoms with E-state index in [0.717, 1.165) is 61.8 Å². The van der Waals surface area contributed by atoms with E-state index < -0.39 is 10.8 Å². The Kier molecular flexibility index (Phi) is 14.1. The molecular formula is C98H62N2O5S. The molecule has 16 aromatic carbocycles. The van der Waals surface area contributed by atoms with Gasteiger partial charge in [0.2, 0.25) is 0 Å². The lowest BCUT2D eigenvalue weighted by Gasteiger charge is -2.35. The molecule has 4 aliphatic rings. The van der Waals surface area contributed by atoms with E-state index in [1.165, 1.54) is 86.9 Å². The average Bonchev–Trinajstić information content (AvgIpc) is 1.52. The Bertz CT molecular complexity index is 6030. The third-order valence-corrected chi connectivity index (χ3v) is 22.7. The minimum Gasteiger partial charge on any atom is -0.456 e. The molecule has 0 unspecified atom stereocenters. The smallest absolute Gasteiger partial charge is 0.172 e. The third-order valence-electron chi connectivity index (χ3n) is 21.6. The van der Waals surface area contributed by atoms with Gasteiger partial charge in [-0.1, -0.05) is 249 Å².